The van der Waals surface area contributed by atoms with Gasteiger partial charge in [-0.05, 0) is 60.9 Å². The smallest absolute Gasteiger partial charge is 0.255 e. The van der Waals surface area contributed by atoms with Gasteiger partial charge in [-0.2, -0.15) is 4.98 Å². The number of halogens is 1. The number of anilines is 2. The number of aromatic nitrogens is 4. The predicted molar refractivity (Wildman–Crippen MR) is 140 cm³/mol. The average molecular weight is 503 g/mol. The number of benzene rings is 2. The standard InChI is InChI=1S/C26H23ClN6OS/c1-16-6-5-8-20(14-16)30-24(34)22-17(2)29-25-31-26(35-15-19-7-3-4-9-21(19)27)32-33(25)23(22)18-10-12-28-13-11-18/h3-14,23H,15H2,1-2H3,(H,30,34)(H,29,31,32). The first-order valence-electron chi connectivity index (χ1n) is 11.1. The first-order chi connectivity index (χ1) is 17.0. The van der Waals surface area contributed by atoms with E-state index in [1.807, 2.05) is 74.5 Å². The Hall–Kier alpha value is -3.62. The van der Waals surface area contributed by atoms with E-state index in [9.17, 15) is 4.79 Å². The topological polar surface area (TPSA) is 84.7 Å². The molecular weight excluding hydrogens is 480 g/mol. The Morgan fingerprint density at radius 1 is 1.11 bits per heavy atom. The lowest BCUT2D eigenvalue weighted by molar-refractivity contribution is -0.113. The first kappa shape index (κ1) is 23.1. The maximum absolute atomic E-state index is 13.5. The molecule has 5 rings (SSSR count). The van der Waals surface area contributed by atoms with Crippen molar-refractivity contribution in [3.63, 3.8) is 0 Å². The molecule has 2 N–H and O–H groups in total. The molecule has 9 heteroatoms. The molecule has 7 nitrogen and oxygen atoms in total. The second-order valence-electron chi connectivity index (χ2n) is 8.21. The molecule has 1 amide bonds. The van der Waals surface area contributed by atoms with Crippen molar-refractivity contribution in [3.05, 3.63) is 106 Å². The highest BCUT2D eigenvalue weighted by Gasteiger charge is 2.34. The number of allylic oxidation sites excluding steroid dienone is 1. The summed E-state index contributed by atoms with van der Waals surface area (Å²) in [6.45, 7) is 3.87. The number of amides is 1. The fraction of sp³-hybridized carbons (Fsp3) is 0.154. The van der Waals surface area contributed by atoms with Crippen LogP contribution in [0.1, 0.15) is 29.7 Å². The van der Waals surface area contributed by atoms with E-state index >= 15 is 0 Å². The zero-order valence-corrected chi connectivity index (χ0v) is 20.8. The fourth-order valence-electron chi connectivity index (χ4n) is 4.02. The summed E-state index contributed by atoms with van der Waals surface area (Å²) in [5, 5.41) is 12.4. The van der Waals surface area contributed by atoms with Crippen LogP contribution >= 0.6 is 23.4 Å². The summed E-state index contributed by atoms with van der Waals surface area (Å²) in [4.78, 5) is 22.4. The summed E-state index contributed by atoms with van der Waals surface area (Å²) >= 11 is 7.81. The van der Waals surface area contributed by atoms with Crippen LogP contribution in [0.3, 0.4) is 0 Å². The van der Waals surface area contributed by atoms with Crippen molar-refractivity contribution in [2.45, 2.75) is 30.8 Å². The van der Waals surface area contributed by atoms with E-state index in [-0.39, 0.29) is 5.91 Å². The van der Waals surface area contributed by atoms with Gasteiger partial charge in [-0.25, -0.2) is 4.68 Å². The maximum Gasteiger partial charge on any atom is 0.255 e. The van der Waals surface area contributed by atoms with E-state index in [1.54, 1.807) is 17.1 Å². The second-order valence-corrected chi connectivity index (χ2v) is 9.56. The highest BCUT2D eigenvalue weighted by molar-refractivity contribution is 7.98. The Labute approximate surface area is 212 Å². The van der Waals surface area contributed by atoms with Gasteiger partial charge >= 0.3 is 0 Å². The van der Waals surface area contributed by atoms with E-state index < -0.39 is 6.04 Å². The fourth-order valence-corrected chi connectivity index (χ4v) is 5.13. The largest absolute Gasteiger partial charge is 0.328 e. The van der Waals surface area contributed by atoms with E-state index in [0.29, 0.717) is 27.5 Å². The van der Waals surface area contributed by atoms with Gasteiger partial charge in [0.25, 0.3) is 5.91 Å². The Bertz CT molecular complexity index is 1420. The summed E-state index contributed by atoms with van der Waals surface area (Å²) in [7, 11) is 0. The lowest BCUT2D eigenvalue weighted by Crippen LogP contribution is -2.31. The Kier molecular flexibility index (Phi) is 6.57. The molecule has 1 atom stereocenters. The van der Waals surface area contributed by atoms with Crippen molar-refractivity contribution >= 4 is 40.9 Å². The molecule has 0 saturated carbocycles. The Morgan fingerprint density at radius 2 is 1.91 bits per heavy atom. The van der Waals surface area contributed by atoms with Crippen molar-refractivity contribution in [3.8, 4) is 0 Å². The number of rotatable bonds is 6. The molecular formula is C26H23ClN6OS. The first-order valence-corrected chi connectivity index (χ1v) is 12.4. The maximum atomic E-state index is 13.5. The van der Waals surface area contributed by atoms with Crippen LogP contribution < -0.4 is 10.6 Å². The van der Waals surface area contributed by atoms with E-state index in [4.69, 9.17) is 21.7 Å². The number of fused-ring (bicyclic) bond motifs is 1. The number of pyridine rings is 1. The van der Waals surface area contributed by atoms with Gasteiger partial charge in [-0.3, -0.25) is 9.78 Å². The van der Waals surface area contributed by atoms with Crippen LogP contribution in [-0.4, -0.2) is 25.7 Å². The highest BCUT2D eigenvalue weighted by Crippen LogP contribution is 2.37. The monoisotopic (exact) mass is 502 g/mol. The van der Waals surface area contributed by atoms with Crippen molar-refractivity contribution in [2.24, 2.45) is 0 Å². The number of carbonyl (C=O) groups excluding carboxylic acids is 1. The van der Waals surface area contributed by atoms with Crippen LogP contribution in [0.4, 0.5) is 11.6 Å². The Morgan fingerprint density at radius 3 is 2.69 bits per heavy atom. The average Bonchev–Trinajstić information content (AvgIpc) is 3.25. The highest BCUT2D eigenvalue weighted by atomic mass is 35.5. The molecule has 0 fully saturated rings. The number of thioether (sulfide) groups is 1. The van der Waals surface area contributed by atoms with Gasteiger partial charge < -0.3 is 10.6 Å². The summed E-state index contributed by atoms with van der Waals surface area (Å²) in [6, 6.07) is 18.8. The zero-order chi connectivity index (χ0) is 24.4. The quantitative estimate of drug-likeness (QED) is 0.321. The molecule has 2 aromatic carbocycles. The third-order valence-corrected chi connectivity index (χ3v) is 6.95. The van der Waals surface area contributed by atoms with Gasteiger partial charge in [0.15, 0.2) is 0 Å². The summed E-state index contributed by atoms with van der Waals surface area (Å²) in [6.07, 6.45) is 3.43. The second kappa shape index (κ2) is 9.93. The van der Waals surface area contributed by atoms with Crippen LogP contribution in [0.5, 0.6) is 0 Å². The van der Waals surface area contributed by atoms with Gasteiger partial charge in [-0.1, -0.05) is 53.7 Å². The SMILES string of the molecule is CC1=C(C(=O)Nc2cccc(C)c2)C(c2ccncc2)n2nc(SCc3ccccc3Cl)nc2N1. The van der Waals surface area contributed by atoms with Crippen molar-refractivity contribution < 1.29 is 4.79 Å². The summed E-state index contributed by atoms with van der Waals surface area (Å²) < 4.78 is 1.77. The summed E-state index contributed by atoms with van der Waals surface area (Å²) in [5.41, 5.74) is 5.00. The molecule has 0 spiro atoms. The van der Waals surface area contributed by atoms with Gasteiger partial charge in [0.05, 0.1) is 5.57 Å². The molecule has 0 saturated heterocycles. The van der Waals surface area contributed by atoms with Gasteiger partial charge in [0.2, 0.25) is 11.1 Å². The molecule has 1 aliphatic heterocycles. The molecule has 0 aliphatic carbocycles. The van der Waals surface area contributed by atoms with Crippen LogP contribution in [0, 0.1) is 6.92 Å². The van der Waals surface area contributed by atoms with Crippen LogP contribution in [-0.2, 0) is 10.5 Å². The van der Waals surface area contributed by atoms with E-state index in [1.165, 1.54) is 11.8 Å². The van der Waals surface area contributed by atoms with Crippen molar-refractivity contribution in [1.82, 2.24) is 19.7 Å². The molecule has 2 aromatic heterocycles. The molecule has 1 unspecified atom stereocenters. The third-order valence-electron chi connectivity index (χ3n) is 5.69. The van der Waals surface area contributed by atoms with Crippen molar-refractivity contribution in [2.75, 3.05) is 10.6 Å². The van der Waals surface area contributed by atoms with Crippen LogP contribution in [0.15, 0.2) is 89.5 Å². The normalized spacial score (nSPS) is 14.9. The Balaban J connectivity index is 1.48. The minimum atomic E-state index is -0.457. The molecule has 1 aliphatic rings. The zero-order valence-electron chi connectivity index (χ0n) is 19.2. The summed E-state index contributed by atoms with van der Waals surface area (Å²) in [5.74, 6) is 1.02. The number of nitrogens with zero attached hydrogens (tertiary/aromatic N) is 4. The van der Waals surface area contributed by atoms with Crippen molar-refractivity contribution in [1.29, 1.82) is 0 Å². The van der Waals surface area contributed by atoms with Gasteiger partial charge in [0.1, 0.15) is 6.04 Å². The van der Waals surface area contributed by atoms with Gasteiger partial charge in [-0.15, -0.1) is 5.10 Å². The van der Waals surface area contributed by atoms with E-state index in [0.717, 1.165) is 28.1 Å². The molecule has 3 heterocycles. The number of nitrogens with one attached hydrogen (secondary N) is 2. The number of carbonyl (C=O) groups is 1. The minimum Gasteiger partial charge on any atom is -0.328 e. The third kappa shape index (κ3) is 4.94. The van der Waals surface area contributed by atoms with E-state index in [2.05, 4.69) is 15.6 Å². The predicted octanol–water partition coefficient (Wildman–Crippen LogP) is 5.85. The lowest BCUT2D eigenvalue weighted by Gasteiger charge is -2.28. The lowest BCUT2D eigenvalue weighted by atomic mass is 9.96. The number of hydrogen-bond donors (Lipinski definition) is 2. The molecule has 176 valence electrons. The van der Waals surface area contributed by atoms with Crippen LogP contribution in [0.25, 0.3) is 0 Å². The molecule has 0 bridgehead atoms. The minimum absolute atomic E-state index is 0.200. The molecule has 4 aromatic rings. The van der Waals surface area contributed by atoms with Crippen LogP contribution in [0.2, 0.25) is 5.02 Å². The molecule has 35 heavy (non-hydrogen) atoms. The molecule has 0 radical (unpaired) electrons. The van der Waals surface area contributed by atoms with Gasteiger partial charge in [0, 0.05) is 34.6 Å². The number of hydrogen-bond acceptors (Lipinski definition) is 6. The number of aryl methyl sites for hydroxylation is 1.